The number of H-pyrrole nitrogens is 1. The van der Waals surface area contributed by atoms with E-state index >= 15 is 0 Å². The van der Waals surface area contributed by atoms with E-state index in [2.05, 4.69) is 15.3 Å². The third-order valence-corrected chi connectivity index (χ3v) is 3.03. The Hall–Kier alpha value is -1.62. The van der Waals surface area contributed by atoms with Gasteiger partial charge in [-0.1, -0.05) is 0 Å². The molecule has 1 aliphatic rings. The van der Waals surface area contributed by atoms with E-state index in [1.54, 1.807) is 17.6 Å². The summed E-state index contributed by atoms with van der Waals surface area (Å²) >= 11 is 1.58. The molecule has 1 aliphatic heterocycles. The highest BCUT2D eigenvalue weighted by molar-refractivity contribution is 7.16. The van der Waals surface area contributed by atoms with Gasteiger partial charge in [0.15, 0.2) is 0 Å². The highest BCUT2D eigenvalue weighted by atomic mass is 32.1. The lowest BCUT2D eigenvalue weighted by Crippen LogP contribution is -2.23. The molecule has 0 unspecified atom stereocenters. The molecule has 70 valence electrons. The second kappa shape index (κ2) is 2.68. The first-order chi connectivity index (χ1) is 6.86. The van der Waals surface area contributed by atoms with Crippen LogP contribution in [0.1, 0.15) is 10.4 Å². The SMILES string of the molecule is O=C1NCC=Nc2[nH]c3sccc3c21. The van der Waals surface area contributed by atoms with Crippen LogP contribution in [-0.4, -0.2) is 23.7 Å². The zero-order chi connectivity index (χ0) is 9.54. The van der Waals surface area contributed by atoms with Gasteiger partial charge in [0.05, 0.1) is 12.1 Å². The molecule has 0 bridgehead atoms. The van der Waals surface area contributed by atoms with Gasteiger partial charge < -0.3 is 10.3 Å². The summed E-state index contributed by atoms with van der Waals surface area (Å²) in [5.41, 5.74) is 0.662. The van der Waals surface area contributed by atoms with E-state index in [-0.39, 0.29) is 5.91 Å². The van der Waals surface area contributed by atoms with Crippen molar-refractivity contribution in [1.82, 2.24) is 10.3 Å². The van der Waals surface area contributed by atoms with Gasteiger partial charge in [0.25, 0.3) is 5.91 Å². The summed E-state index contributed by atoms with van der Waals surface area (Å²) in [5, 5.41) is 5.69. The average Bonchev–Trinajstić information content (AvgIpc) is 2.66. The van der Waals surface area contributed by atoms with Crippen molar-refractivity contribution in [2.75, 3.05) is 6.54 Å². The molecule has 4 nitrogen and oxygen atoms in total. The van der Waals surface area contributed by atoms with E-state index in [0.717, 1.165) is 10.2 Å². The van der Waals surface area contributed by atoms with Crippen LogP contribution in [0.5, 0.6) is 0 Å². The van der Waals surface area contributed by atoms with Crippen molar-refractivity contribution in [3.05, 3.63) is 17.0 Å². The van der Waals surface area contributed by atoms with Crippen LogP contribution in [0.2, 0.25) is 0 Å². The third kappa shape index (κ3) is 0.927. The number of aromatic nitrogens is 1. The molecule has 0 spiro atoms. The number of hydrogen-bond acceptors (Lipinski definition) is 3. The summed E-state index contributed by atoms with van der Waals surface area (Å²) in [7, 11) is 0. The molecule has 2 N–H and O–H groups in total. The molecule has 2 aromatic heterocycles. The number of carbonyl (C=O) groups is 1. The number of nitrogens with zero attached hydrogens (tertiary/aromatic N) is 1. The van der Waals surface area contributed by atoms with Gasteiger partial charge in [-0.25, -0.2) is 4.99 Å². The van der Waals surface area contributed by atoms with Crippen molar-refractivity contribution in [3.8, 4) is 0 Å². The summed E-state index contributed by atoms with van der Waals surface area (Å²) < 4.78 is 0. The minimum Gasteiger partial charge on any atom is -0.347 e. The van der Waals surface area contributed by atoms with Gasteiger partial charge in [0, 0.05) is 11.6 Å². The molecule has 0 fully saturated rings. The van der Waals surface area contributed by atoms with Gasteiger partial charge in [-0.05, 0) is 11.4 Å². The van der Waals surface area contributed by atoms with Crippen molar-refractivity contribution < 1.29 is 4.79 Å². The highest BCUT2D eigenvalue weighted by Gasteiger charge is 2.19. The van der Waals surface area contributed by atoms with E-state index in [0.29, 0.717) is 17.9 Å². The van der Waals surface area contributed by atoms with Crippen molar-refractivity contribution in [2.24, 2.45) is 4.99 Å². The first-order valence-electron chi connectivity index (χ1n) is 4.26. The van der Waals surface area contributed by atoms with Gasteiger partial charge in [0.1, 0.15) is 10.6 Å². The molecule has 1 amide bonds. The van der Waals surface area contributed by atoms with Crippen molar-refractivity contribution >= 4 is 39.5 Å². The van der Waals surface area contributed by atoms with E-state index in [4.69, 9.17) is 0 Å². The van der Waals surface area contributed by atoms with Crippen LogP contribution in [0.3, 0.4) is 0 Å². The number of rotatable bonds is 0. The molecule has 2 aromatic rings. The first-order valence-corrected chi connectivity index (χ1v) is 5.14. The number of thiophene rings is 1. The molecule has 0 aromatic carbocycles. The number of nitrogens with one attached hydrogen (secondary N) is 2. The van der Waals surface area contributed by atoms with Crippen LogP contribution < -0.4 is 5.32 Å². The van der Waals surface area contributed by atoms with Crippen molar-refractivity contribution in [1.29, 1.82) is 0 Å². The second-order valence-corrected chi connectivity index (χ2v) is 3.95. The smallest absolute Gasteiger partial charge is 0.256 e. The molecule has 0 radical (unpaired) electrons. The molecular formula is C9H7N3OS. The normalized spacial score (nSPS) is 15.3. The Kier molecular flexibility index (Phi) is 1.49. The van der Waals surface area contributed by atoms with Crippen LogP contribution in [0.25, 0.3) is 10.2 Å². The molecular weight excluding hydrogens is 198 g/mol. The van der Waals surface area contributed by atoms with Crippen LogP contribution in [0.15, 0.2) is 16.4 Å². The molecule has 0 saturated heterocycles. The van der Waals surface area contributed by atoms with Crippen LogP contribution in [0.4, 0.5) is 5.82 Å². The standard InChI is InChI=1S/C9H7N3OS/c13-8-6-5-1-4-14-9(5)12-7(6)10-2-3-11-8/h1-2,4,12H,3H2,(H,11,13). The Morgan fingerprint density at radius 3 is 3.36 bits per heavy atom. The lowest BCUT2D eigenvalue weighted by Gasteiger charge is -1.96. The summed E-state index contributed by atoms with van der Waals surface area (Å²) in [4.78, 5) is 20.0. The van der Waals surface area contributed by atoms with Gasteiger partial charge >= 0.3 is 0 Å². The van der Waals surface area contributed by atoms with Crippen molar-refractivity contribution in [2.45, 2.75) is 0 Å². The fraction of sp³-hybridized carbons (Fsp3) is 0.111. The summed E-state index contributed by atoms with van der Waals surface area (Å²) in [6.07, 6.45) is 1.70. The van der Waals surface area contributed by atoms with Gasteiger partial charge in [-0.3, -0.25) is 4.79 Å². The predicted molar refractivity (Wildman–Crippen MR) is 56.7 cm³/mol. The fourth-order valence-electron chi connectivity index (χ4n) is 1.59. The number of amides is 1. The number of aromatic amines is 1. The van der Waals surface area contributed by atoms with Crippen LogP contribution in [0, 0.1) is 0 Å². The molecule has 0 saturated carbocycles. The Morgan fingerprint density at radius 1 is 1.50 bits per heavy atom. The van der Waals surface area contributed by atoms with Gasteiger partial charge in [0.2, 0.25) is 0 Å². The molecule has 0 aliphatic carbocycles. The van der Waals surface area contributed by atoms with Gasteiger partial charge in [-0.15, -0.1) is 11.3 Å². The molecule has 5 heteroatoms. The maximum Gasteiger partial charge on any atom is 0.256 e. The summed E-state index contributed by atoms with van der Waals surface area (Å²) in [6.45, 7) is 0.493. The Labute approximate surface area is 83.7 Å². The molecule has 3 rings (SSSR count). The maximum absolute atomic E-state index is 11.7. The summed E-state index contributed by atoms with van der Waals surface area (Å²) in [6, 6.07) is 1.94. The zero-order valence-corrected chi connectivity index (χ0v) is 8.02. The largest absolute Gasteiger partial charge is 0.347 e. The van der Waals surface area contributed by atoms with E-state index in [9.17, 15) is 4.79 Å². The van der Waals surface area contributed by atoms with E-state index < -0.39 is 0 Å². The number of hydrogen-bond donors (Lipinski definition) is 2. The fourth-order valence-corrected chi connectivity index (χ4v) is 2.38. The van der Waals surface area contributed by atoms with E-state index in [1.807, 2.05) is 11.4 Å². The quantitative estimate of drug-likeness (QED) is 0.675. The lowest BCUT2D eigenvalue weighted by molar-refractivity contribution is 0.0963. The van der Waals surface area contributed by atoms with E-state index in [1.165, 1.54) is 0 Å². The maximum atomic E-state index is 11.7. The molecule has 0 atom stereocenters. The lowest BCUT2D eigenvalue weighted by atomic mass is 10.2. The monoisotopic (exact) mass is 205 g/mol. The topological polar surface area (TPSA) is 57.2 Å². The Morgan fingerprint density at radius 2 is 2.43 bits per heavy atom. The Balaban J connectivity index is 2.38. The van der Waals surface area contributed by atoms with Gasteiger partial charge in [-0.2, -0.15) is 0 Å². The third-order valence-electron chi connectivity index (χ3n) is 2.20. The van der Waals surface area contributed by atoms with Crippen molar-refractivity contribution in [3.63, 3.8) is 0 Å². The summed E-state index contributed by atoms with van der Waals surface area (Å²) in [5.74, 6) is 0.615. The first kappa shape index (κ1) is 7.75. The van der Waals surface area contributed by atoms with Crippen LogP contribution >= 0.6 is 11.3 Å². The molecule has 14 heavy (non-hydrogen) atoms. The van der Waals surface area contributed by atoms with Crippen LogP contribution in [-0.2, 0) is 0 Å². The second-order valence-electron chi connectivity index (χ2n) is 3.03. The highest BCUT2D eigenvalue weighted by Crippen LogP contribution is 2.31. The number of carbonyl (C=O) groups excluding carboxylic acids is 1. The zero-order valence-electron chi connectivity index (χ0n) is 7.20. The predicted octanol–water partition coefficient (Wildman–Crippen LogP) is 1.68. The Bertz CT molecular complexity index is 537. The minimum absolute atomic E-state index is 0.0536. The minimum atomic E-state index is -0.0536. The number of aliphatic imine (C=N–C) groups is 1. The average molecular weight is 205 g/mol. The molecule has 3 heterocycles. The number of fused-ring (bicyclic) bond motifs is 3.